The lowest BCUT2D eigenvalue weighted by atomic mass is 10.2. The minimum Gasteiger partial charge on any atom is -0.495 e. The van der Waals surface area contributed by atoms with Gasteiger partial charge in [0.15, 0.2) is 0 Å². The highest BCUT2D eigenvalue weighted by Crippen LogP contribution is 2.28. The summed E-state index contributed by atoms with van der Waals surface area (Å²) in [5.41, 5.74) is 2.08. The molecule has 1 heterocycles. The van der Waals surface area contributed by atoms with Crippen molar-refractivity contribution in [2.45, 2.75) is 0 Å². The minimum absolute atomic E-state index is 0.416. The van der Waals surface area contributed by atoms with Crippen molar-refractivity contribution in [1.29, 1.82) is 5.26 Å². The lowest BCUT2D eigenvalue weighted by Gasteiger charge is -2.10. The van der Waals surface area contributed by atoms with Crippen molar-refractivity contribution < 1.29 is 4.74 Å². The van der Waals surface area contributed by atoms with Crippen LogP contribution in [0.3, 0.4) is 0 Å². The zero-order valence-electron chi connectivity index (χ0n) is 13.3. The molecular weight excluding hydrogens is 338 g/mol. The van der Waals surface area contributed by atoms with E-state index in [2.05, 4.69) is 26.7 Å². The normalized spacial score (nSPS) is 9.96. The average molecular weight is 352 g/mol. The fourth-order valence-corrected chi connectivity index (χ4v) is 2.43. The number of aromatic nitrogens is 2. The number of anilines is 4. The smallest absolute Gasteiger partial charge is 0.229 e. The second-order valence-corrected chi connectivity index (χ2v) is 5.46. The van der Waals surface area contributed by atoms with E-state index < -0.39 is 0 Å². The largest absolute Gasteiger partial charge is 0.495 e. The summed E-state index contributed by atoms with van der Waals surface area (Å²) < 4.78 is 5.14. The Hall–Kier alpha value is -3.30. The molecule has 3 rings (SSSR count). The first-order chi connectivity index (χ1) is 12.2. The Kier molecular flexibility index (Phi) is 4.97. The van der Waals surface area contributed by atoms with Crippen LogP contribution < -0.4 is 15.4 Å². The Morgan fingerprint density at radius 3 is 2.68 bits per heavy atom. The van der Waals surface area contributed by atoms with Crippen LogP contribution in [0.15, 0.2) is 54.7 Å². The monoisotopic (exact) mass is 351 g/mol. The van der Waals surface area contributed by atoms with E-state index in [1.807, 2.05) is 12.1 Å². The van der Waals surface area contributed by atoms with Crippen molar-refractivity contribution in [3.63, 3.8) is 0 Å². The molecule has 2 N–H and O–H groups in total. The van der Waals surface area contributed by atoms with Crippen molar-refractivity contribution in [2.75, 3.05) is 17.7 Å². The Morgan fingerprint density at radius 2 is 1.92 bits per heavy atom. The van der Waals surface area contributed by atoms with E-state index in [9.17, 15) is 0 Å². The molecule has 3 aromatic rings. The van der Waals surface area contributed by atoms with Crippen LogP contribution >= 0.6 is 11.6 Å². The number of hydrogen-bond donors (Lipinski definition) is 2. The van der Waals surface area contributed by atoms with Crippen LogP contribution in [0, 0.1) is 11.3 Å². The molecule has 0 amide bonds. The molecule has 0 aliphatic carbocycles. The number of halogens is 1. The van der Waals surface area contributed by atoms with E-state index in [1.165, 1.54) is 0 Å². The van der Waals surface area contributed by atoms with Gasteiger partial charge in [-0.3, -0.25) is 0 Å². The van der Waals surface area contributed by atoms with Gasteiger partial charge in [0, 0.05) is 17.6 Å². The number of benzene rings is 2. The summed E-state index contributed by atoms with van der Waals surface area (Å²) in [6, 6.07) is 16.3. The Morgan fingerprint density at radius 1 is 1.08 bits per heavy atom. The zero-order valence-corrected chi connectivity index (χ0v) is 14.1. The van der Waals surface area contributed by atoms with Crippen molar-refractivity contribution in [2.24, 2.45) is 0 Å². The third kappa shape index (κ3) is 4.16. The van der Waals surface area contributed by atoms with Crippen LogP contribution in [-0.4, -0.2) is 17.1 Å². The number of nitrogens with zero attached hydrogens (tertiary/aromatic N) is 3. The number of nitriles is 1. The SMILES string of the molecule is COc1ccc(Nc2ccnc(Nc3cccc(C#N)c3)n2)cc1Cl. The van der Waals surface area contributed by atoms with E-state index in [4.69, 9.17) is 21.6 Å². The predicted octanol–water partition coefficient (Wildman–Crippen LogP) is 4.50. The second-order valence-electron chi connectivity index (χ2n) is 5.06. The van der Waals surface area contributed by atoms with Crippen molar-refractivity contribution in [3.8, 4) is 11.8 Å². The fraction of sp³-hybridized carbons (Fsp3) is 0.0556. The Bertz CT molecular complexity index is 939. The van der Waals surface area contributed by atoms with Gasteiger partial charge < -0.3 is 15.4 Å². The van der Waals surface area contributed by atoms with E-state index in [-0.39, 0.29) is 0 Å². The highest BCUT2D eigenvalue weighted by Gasteiger charge is 2.05. The summed E-state index contributed by atoms with van der Waals surface area (Å²) in [5, 5.41) is 15.7. The summed E-state index contributed by atoms with van der Waals surface area (Å²) in [4.78, 5) is 8.59. The molecule has 0 atom stereocenters. The van der Waals surface area contributed by atoms with Gasteiger partial charge in [-0.25, -0.2) is 4.98 Å². The molecule has 0 fully saturated rings. The van der Waals surface area contributed by atoms with E-state index in [1.54, 1.807) is 49.7 Å². The average Bonchev–Trinajstić information content (AvgIpc) is 2.62. The van der Waals surface area contributed by atoms with Crippen LogP contribution in [0.25, 0.3) is 0 Å². The predicted molar refractivity (Wildman–Crippen MR) is 97.8 cm³/mol. The molecular formula is C18H14ClN5O. The molecule has 0 unspecified atom stereocenters. The maximum atomic E-state index is 8.96. The van der Waals surface area contributed by atoms with Crippen molar-refractivity contribution in [1.82, 2.24) is 9.97 Å². The molecule has 7 heteroatoms. The highest BCUT2D eigenvalue weighted by atomic mass is 35.5. The van der Waals surface area contributed by atoms with E-state index in [0.717, 1.165) is 11.4 Å². The minimum atomic E-state index is 0.416. The molecule has 0 spiro atoms. The van der Waals surface area contributed by atoms with Gasteiger partial charge in [0.2, 0.25) is 5.95 Å². The van der Waals surface area contributed by atoms with Gasteiger partial charge in [-0.2, -0.15) is 10.2 Å². The van der Waals surface area contributed by atoms with E-state index >= 15 is 0 Å². The maximum Gasteiger partial charge on any atom is 0.229 e. The van der Waals surface area contributed by atoms with Crippen LogP contribution in [-0.2, 0) is 0 Å². The number of rotatable bonds is 5. The number of hydrogen-bond acceptors (Lipinski definition) is 6. The molecule has 0 aliphatic rings. The lowest BCUT2D eigenvalue weighted by molar-refractivity contribution is 0.415. The molecule has 1 aromatic heterocycles. The molecule has 124 valence electrons. The molecule has 0 saturated heterocycles. The summed E-state index contributed by atoms with van der Waals surface area (Å²) >= 11 is 6.13. The first kappa shape index (κ1) is 16.6. The van der Waals surface area contributed by atoms with Crippen LogP contribution in [0.1, 0.15) is 5.56 Å². The third-order valence-electron chi connectivity index (χ3n) is 3.33. The highest BCUT2D eigenvalue weighted by molar-refractivity contribution is 6.32. The molecule has 0 aliphatic heterocycles. The van der Waals surface area contributed by atoms with E-state index in [0.29, 0.717) is 28.1 Å². The summed E-state index contributed by atoms with van der Waals surface area (Å²) in [7, 11) is 1.57. The van der Waals surface area contributed by atoms with Gasteiger partial charge in [0.1, 0.15) is 11.6 Å². The van der Waals surface area contributed by atoms with Crippen molar-refractivity contribution >= 4 is 34.7 Å². The lowest BCUT2D eigenvalue weighted by Crippen LogP contribution is -2.00. The van der Waals surface area contributed by atoms with Crippen LogP contribution in [0.2, 0.25) is 5.02 Å². The van der Waals surface area contributed by atoms with Gasteiger partial charge in [-0.1, -0.05) is 17.7 Å². The first-order valence-electron chi connectivity index (χ1n) is 7.39. The standard InChI is InChI=1S/C18H14ClN5O/c1-25-16-6-5-14(10-15(16)19)22-17-7-8-21-18(24-17)23-13-4-2-3-12(9-13)11-20/h2-10H,1H3,(H2,21,22,23,24). The summed E-state index contributed by atoms with van der Waals surface area (Å²) in [5.74, 6) is 1.63. The quantitative estimate of drug-likeness (QED) is 0.704. The fourth-order valence-electron chi connectivity index (χ4n) is 2.18. The van der Waals surface area contributed by atoms with Gasteiger partial charge in [0.25, 0.3) is 0 Å². The van der Waals surface area contributed by atoms with Crippen molar-refractivity contribution in [3.05, 3.63) is 65.3 Å². The molecule has 0 bridgehead atoms. The first-order valence-corrected chi connectivity index (χ1v) is 7.76. The van der Waals surface area contributed by atoms with Gasteiger partial charge >= 0.3 is 0 Å². The van der Waals surface area contributed by atoms with Gasteiger partial charge in [-0.05, 0) is 42.5 Å². The van der Waals surface area contributed by atoms with Crippen LogP contribution in [0.5, 0.6) is 5.75 Å². The molecule has 0 radical (unpaired) electrons. The molecule has 2 aromatic carbocycles. The van der Waals surface area contributed by atoms with Gasteiger partial charge in [-0.15, -0.1) is 0 Å². The Balaban J connectivity index is 1.77. The zero-order chi connectivity index (χ0) is 17.6. The molecule has 0 saturated carbocycles. The van der Waals surface area contributed by atoms with Gasteiger partial charge in [0.05, 0.1) is 23.8 Å². The maximum absolute atomic E-state index is 8.96. The topological polar surface area (TPSA) is 82.9 Å². The number of methoxy groups -OCH3 is 1. The second kappa shape index (κ2) is 7.51. The Labute approximate surface area is 150 Å². The summed E-state index contributed by atoms with van der Waals surface area (Å²) in [6.07, 6.45) is 1.64. The number of ether oxygens (including phenoxy) is 1. The third-order valence-corrected chi connectivity index (χ3v) is 3.62. The molecule has 6 nitrogen and oxygen atoms in total. The van der Waals surface area contributed by atoms with Crippen LogP contribution in [0.4, 0.5) is 23.1 Å². The number of nitrogens with one attached hydrogen (secondary N) is 2. The summed E-state index contributed by atoms with van der Waals surface area (Å²) in [6.45, 7) is 0. The molecule has 25 heavy (non-hydrogen) atoms.